The van der Waals surface area contributed by atoms with Crippen molar-refractivity contribution in [2.45, 2.75) is 39.2 Å². The molecule has 0 amide bonds. The first-order chi connectivity index (χ1) is 10.0. The zero-order chi connectivity index (χ0) is 15.4. The third-order valence-corrected chi connectivity index (χ3v) is 4.79. The zero-order valence-electron chi connectivity index (χ0n) is 12.6. The van der Waals surface area contributed by atoms with Crippen molar-refractivity contribution in [3.63, 3.8) is 0 Å². The molecule has 5 heteroatoms. The Hall–Kier alpha value is -0.680. The molecule has 0 bridgehead atoms. The van der Waals surface area contributed by atoms with Crippen molar-refractivity contribution in [3.05, 3.63) is 28.2 Å². The predicted octanol–water partition coefficient (Wildman–Crippen LogP) is 4.65. The Labute approximate surface area is 134 Å². The standard InChI is InChI=1S/C16H23BrF2N2/c1-3-6-21-7-4-5-12(10-21)11(2)20-16-8-13(17)14(18)9-15(16)19/h8-9,11-12,20H,3-7,10H2,1-2H3. The molecular formula is C16H23BrF2N2. The molecule has 21 heavy (non-hydrogen) atoms. The number of halogens is 3. The van der Waals surface area contributed by atoms with E-state index in [1.54, 1.807) is 0 Å². The lowest BCUT2D eigenvalue weighted by Gasteiger charge is -2.36. The second-order valence-electron chi connectivity index (χ2n) is 5.88. The van der Waals surface area contributed by atoms with Crippen molar-refractivity contribution in [1.82, 2.24) is 4.90 Å². The molecule has 1 fully saturated rings. The average Bonchev–Trinajstić information content (AvgIpc) is 2.45. The molecule has 1 aromatic rings. The maximum atomic E-state index is 13.8. The second-order valence-corrected chi connectivity index (χ2v) is 6.74. The largest absolute Gasteiger partial charge is 0.380 e. The molecule has 1 heterocycles. The Morgan fingerprint density at radius 2 is 2.14 bits per heavy atom. The van der Waals surface area contributed by atoms with E-state index >= 15 is 0 Å². The topological polar surface area (TPSA) is 15.3 Å². The van der Waals surface area contributed by atoms with E-state index in [1.165, 1.54) is 12.5 Å². The number of piperidine rings is 1. The van der Waals surface area contributed by atoms with E-state index in [9.17, 15) is 8.78 Å². The molecule has 1 N–H and O–H groups in total. The highest BCUT2D eigenvalue weighted by Crippen LogP contribution is 2.27. The van der Waals surface area contributed by atoms with Crippen LogP contribution in [0.4, 0.5) is 14.5 Å². The first-order valence-corrected chi connectivity index (χ1v) is 8.44. The van der Waals surface area contributed by atoms with Crippen molar-refractivity contribution in [3.8, 4) is 0 Å². The molecule has 2 nitrogen and oxygen atoms in total. The van der Waals surface area contributed by atoms with Gasteiger partial charge in [0.25, 0.3) is 0 Å². The van der Waals surface area contributed by atoms with Gasteiger partial charge in [-0.15, -0.1) is 0 Å². The van der Waals surface area contributed by atoms with Gasteiger partial charge in [-0.2, -0.15) is 0 Å². The number of hydrogen-bond acceptors (Lipinski definition) is 2. The Balaban J connectivity index is 2.00. The molecule has 1 aliphatic rings. The lowest BCUT2D eigenvalue weighted by Crippen LogP contribution is -2.42. The van der Waals surface area contributed by atoms with Crippen LogP contribution in [0.5, 0.6) is 0 Å². The molecule has 1 aromatic carbocycles. The first kappa shape index (κ1) is 16.7. The van der Waals surface area contributed by atoms with Crippen molar-refractivity contribution < 1.29 is 8.78 Å². The average molecular weight is 361 g/mol. The highest BCUT2D eigenvalue weighted by Gasteiger charge is 2.24. The molecule has 0 radical (unpaired) electrons. The van der Waals surface area contributed by atoms with Gasteiger partial charge >= 0.3 is 0 Å². The molecule has 2 atom stereocenters. The summed E-state index contributed by atoms with van der Waals surface area (Å²) in [7, 11) is 0. The number of nitrogens with one attached hydrogen (secondary N) is 1. The van der Waals surface area contributed by atoms with Gasteiger partial charge < -0.3 is 10.2 Å². The van der Waals surface area contributed by atoms with Crippen LogP contribution in [0.25, 0.3) is 0 Å². The molecule has 2 unspecified atom stereocenters. The van der Waals surface area contributed by atoms with Crippen LogP contribution in [0.15, 0.2) is 16.6 Å². The number of likely N-dealkylation sites (tertiary alicyclic amines) is 1. The number of benzene rings is 1. The Kier molecular flexibility index (Phi) is 5.99. The fourth-order valence-corrected chi connectivity index (χ4v) is 3.36. The van der Waals surface area contributed by atoms with Crippen LogP contribution in [0.3, 0.4) is 0 Å². The maximum absolute atomic E-state index is 13.8. The predicted molar refractivity (Wildman–Crippen MR) is 86.6 cm³/mol. The van der Waals surface area contributed by atoms with Crippen molar-refractivity contribution in [1.29, 1.82) is 0 Å². The molecule has 0 aliphatic carbocycles. The molecule has 118 valence electrons. The minimum absolute atomic E-state index is 0.163. The molecular weight excluding hydrogens is 338 g/mol. The van der Waals surface area contributed by atoms with Gasteiger partial charge in [-0.05, 0) is 67.2 Å². The lowest BCUT2D eigenvalue weighted by atomic mass is 9.91. The van der Waals surface area contributed by atoms with Gasteiger partial charge in [0.15, 0.2) is 0 Å². The quantitative estimate of drug-likeness (QED) is 0.768. The first-order valence-electron chi connectivity index (χ1n) is 7.64. The highest BCUT2D eigenvalue weighted by molar-refractivity contribution is 9.10. The maximum Gasteiger partial charge on any atom is 0.149 e. The van der Waals surface area contributed by atoms with Crippen molar-refractivity contribution in [2.24, 2.45) is 5.92 Å². The van der Waals surface area contributed by atoms with Crippen LogP contribution in [0.2, 0.25) is 0 Å². The number of anilines is 1. The van der Waals surface area contributed by atoms with E-state index in [0.717, 1.165) is 38.5 Å². The smallest absolute Gasteiger partial charge is 0.149 e. The van der Waals surface area contributed by atoms with Gasteiger partial charge in [-0.3, -0.25) is 0 Å². The van der Waals surface area contributed by atoms with Gasteiger partial charge in [-0.25, -0.2) is 8.78 Å². The third-order valence-electron chi connectivity index (χ3n) is 4.18. The minimum atomic E-state index is -0.572. The molecule has 1 aliphatic heterocycles. The van der Waals surface area contributed by atoms with Crippen LogP contribution >= 0.6 is 15.9 Å². The number of rotatable bonds is 5. The lowest BCUT2D eigenvalue weighted by molar-refractivity contribution is 0.165. The summed E-state index contributed by atoms with van der Waals surface area (Å²) in [5, 5.41) is 3.21. The van der Waals surface area contributed by atoms with E-state index < -0.39 is 11.6 Å². The molecule has 0 spiro atoms. The fraction of sp³-hybridized carbons (Fsp3) is 0.625. The van der Waals surface area contributed by atoms with Crippen LogP contribution in [0, 0.1) is 17.6 Å². The van der Waals surface area contributed by atoms with Crippen LogP contribution < -0.4 is 5.32 Å². The van der Waals surface area contributed by atoms with Crippen LogP contribution in [-0.2, 0) is 0 Å². The van der Waals surface area contributed by atoms with Crippen molar-refractivity contribution >= 4 is 21.6 Å². The summed E-state index contributed by atoms with van der Waals surface area (Å²) >= 11 is 3.11. The number of hydrogen-bond donors (Lipinski definition) is 1. The fourth-order valence-electron chi connectivity index (χ4n) is 3.02. The van der Waals surface area contributed by atoms with Gasteiger partial charge in [0.1, 0.15) is 11.6 Å². The van der Waals surface area contributed by atoms with E-state index in [2.05, 4.69) is 40.0 Å². The monoisotopic (exact) mass is 360 g/mol. The summed E-state index contributed by atoms with van der Waals surface area (Å²) < 4.78 is 27.4. The Morgan fingerprint density at radius 1 is 1.38 bits per heavy atom. The summed E-state index contributed by atoms with van der Waals surface area (Å²) in [4.78, 5) is 2.48. The SMILES string of the molecule is CCCN1CCCC(C(C)Nc2cc(Br)c(F)cc2F)C1. The Morgan fingerprint density at radius 3 is 2.86 bits per heavy atom. The molecule has 0 saturated carbocycles. The molecule has 0 aromatic heterocycles. The third kappa shape index (κ3) is 4.39. The summed E-state index contributed by atoms with van der Waals surface area (Å²) in [5.74, 6) is -0.616. The van der Waals surface area contributed by atoms with E-state index in [-0.39, 0.29) is 10.5 Å². The molecule has 2 rings (SSSR count). The highest BCUT2D eigenvalue weighted by atomic mass is 79.9. The van der Waals surface area contributed by atoms with E-state index in [4.69, 9.17) is 0 Å². The number of nitrogens with zero attached hydrogens (tertiary/aromatic N) is 1. The van der Waals surface area contributed by atoms with Gasteiger partial charge in [0.2, 0.25) is 0 Å². The normalized spacial score (nSPS) is 21.3. The van der Waals surface area contributed by atoms with Gasteiger partial charge in [0.05, 0.1) is 10.2 Å². The van der Waals surface area contributed by atoms with Crippen LogP contribution in [-0.4, -0.2) is 30.6 Å². The Bertz CT molecular complexity index is 480. The van der Waals surface area contributed by atoms with Crippen LogP contribution in [0.1, 0.15) is 33.1 Å². The summed E-state index contributed by atoms with van der Waals surface area (Å²) in [5.41, 5.74) is 0.364. The molecule has 1 saturated heterocycles. The van der Waals surface area contributed by atoms with E-state index in [1.807, 2.05) is 0 Å². The minimum Gasteiger partial charge on any atom is -0.380 e. The van der Waals surface area contributed by atoms with Gasteiger partial charge in [0, 0.05) is 18.7 Å². The summed E-state index contributed by atoms with van der Waals surface area (Å²) in [6.07, 6.45) is 3.50. The summed E-state index contributed by atoms with van der Waals surface area (Å²) in [6.45, 7) is 7.60. The summed E-state index contributed by atoms with van der Waals surface area (Å²) in [6, 6.07) is 2.56. The van der Waals surface area contributed by atoms with Gasteiger partial charge in [-0.1, -0.05) is 6.92 Å². The zero-order valence-corrected chi connectivity index (χ0v) is 14.2. The second kappa shape index (κ2) is 7.54. The van der Waals surface area contributed by atoms with Crippen molar-refractivity contribution in [2.75, 3.05) is 25.0 Å². The van der Waals surface area contributed by atoms with E-state index in [0.29, 0.717) is 11.6 Å².